The van der Waals surface area contributed by atoms with Crippen molar-refractivity contribution in [2.45, 2.75) is 44.1 Å². The molecule has 2 heteroatoms. The molecule has 2 rings (SSSR count). The van der Waals surface area contributed by atoms with Crippen LogP contribution in [0.15, 0.2) is 24.3 Å². The Hall–Kier alpha value is -0.860. The maximum Gasteiger partial charge on any atom is 0.0434 e. The molecule has 1 fully saturated rings. The lowest BCUT2D eigenvalue weighted by Gasteiger charge is -2.20. The van der Waals surface area contributed by atoms with E-state index in [4.69, 9.17) is 10.8 Å². The Morgan fingerprint density at radius 1 is 1.31 bits per heavy atom. The van der Waals surface area contributed by atoms with Crippen LogP contribution in [0.5, 0.6) is 0 Å². The molecule has 1 saturated carbocycles. The molecule has 1 aromatic carbocycles. The fourth-order valence-electron chi connectivity index (χ4n) is 2.43. The number of nitrogens with two attached hydrogens (primary N) is 1. The van der Waals surface area contributed by atoms with Gasteiger partial charge in [-0.05, 0) is 43.7 Å². The van der Waals surface area contributed by atoms with Gasteiger partial charge in [-0.2, -0.15) is 0 Å². The van der Waals surface area contributed by atoms with Crippen LogP contribution in [0.2, 0.25) is 0 Å². The molecule has 0 saturated heterocycles. The third-order valence-corrected chi connectivity index (χ3v) is 3.81. The Morgan fingerprint density at radius 2 is 1.94 bits per heavy atom. The predicted octanol–water partition coefficient (Wildman–Crippen LogP) is 1.99. The van der Waals surface area contributed by atoms with Crippen molar-refractivity contribution in [3.8, 4) is 0 Å². The molecule has 3 N–H and O–H groups in total. The molecule has 0 heterocycles. The summed E-state index contributed by atoms with van der Waals surface area (Å²) in [5.74, 6) is 0. The van der Waals surface area contributed by atoms with E-state index < -0.39 is 0 Å². The Morgan fingerprint density at radius 3 is 2.38 bits per heavy atom. The summed E-state index contributed by atoms with van der Waals surface area (Å²) < 4.78 is 0. The lowest BCUT2D eigenvalue weighted by molar-refractivity contribution is 0.288. The first-order valence-corrected chi connectivity index (χ1v) is 6.15. The minimum Gasteiger partial charge on any atom is -0.396 e. The van der Waals surface area contributed by atoms with E-state index in [1.165, 1.54) is 24.0 Å². The average Bonchev–Trinajstić information content (AvgIpc) is 3.08. The average molecular weight is 219 g/mol. The summed E-state index contributed by atoms with van der Waals surface area (Å²) >= 11 is 0. The van der Waals surface area contributed by atoms with Gasteiger partial charge in [0.15, 0.2) is 0 Å². The van der Waals surface area contributed by atoms with Crippen molar-refractivity contribution < 1.29 is 5.11 Å². The SMILES string of the molecule is CC(N)C1(c2ccc(CCCO)cc2)CC1. The summed E-state index contributed by atoms with van der Waals surface area (Å²) in [5.41, 5.74) is 9.00. The highest BCUT2D eigenvalue weighted by Gasteiger charge is 2.47. The van der Waals surface area contributed by atoms with E-state index in [1.807, 2.05) is 0 Å². The predicted molar refractivity (Wildman–Crippen MR) is 66.4 cm³/mol. The van der Waals surface area contributed by atoms with E-state index in [2.05, 4.69) is 31.2 Å². The van der Waals surface area contributed by atoms with Crippen molar-refractivity contribution >= 4 is 0 Å². The zero-order valence-electron chi connectivity index (χ0n) is 9.95. The normalized spacial score (nSPS) is 19.4. The van der Waals surface area contributed by atoms with E-state index in [9.17, 15) is 0 Å². The van der Waals surface area contributed by atoms with Crippen molar-refractivity contribution in [2.24, 2.45) is 5.73 Å². The van der Waals surface area contributed by atoms with Crippen LogP contribution < -0.4 is 5.73 Å². The Bertz CT molecular complexity index is 338. The van der Waals surface area contributed by atoms with E-state index in [0.29, 0.717) is 0 Å². The van der Waals surface area contributed by atoms with Gasteiger partial charge in [0.1, 0.15) is 0 Å². The first-order valence-electron chi connectivity index (χ1n) is 6.15. The van der Waals surface area contributed by atoms with Crippen LogP contribution in [0, 0.1) is 0 Å². The van der Waals surface area contributed by atoms with E-state index in [0.717, 1.165) is 12.8 Å². The van der Waals surface area contributed by atoms with Crippen molar-refractivity contribution in [1.82, 2.24) is 0 Å². The summed E-state index contributed by atoms with van der Waals surface area (Å²) in [6.07, 6.45) is 4.25. The molecule has 0 aliphatic heterocycles. The molecule has 1 atom stereocenters. The maximum absolute atomic E-state index is 8.78. The number of aliphatic hydroxyl groups is 1. The lowest BCUT2D eigenvalue weighted by atomic mass is 9.89. The molecule has 1 aliphatic carbocycles. The molecule has 0 radical (unpaired) electrons. The molecule has 16 heavy (non-hydrogen) atoms. The molecule has 0 spiro atoms. The van der Waals surface area contributed by atoms with Gasteiger partial charge in [-0.15, -0.1) is 0 Å². The molecule has 1 aromatic rings. The van der Waals surface area contributed by atoms with Gasteiger partial charge in [0, 0.05) is 18.1 Å². The van der Waals surface area contributed by atoms with Crippen molar-refractivity contribution in [1.29, 1.82) is 0 Å². The van der Waals surface area contributed by atoms with Gasteiger partial charge in [0.05, 0.1) is 0 Å². The second-order valence-electron chi connectivity index (χ2n) is 4.97. The molecule has 0 amide bonds. The van der Waals surface area contributed by atoms with Gasteiger partial charge in [0.25, 0.3) is 0 Å². The fourth-order valence-corrected chi connectivity index (χ4v) is 2.43. The molecule has 2 nitrogen and oxygen atoms in total. The highest BCUT2D eigenvalue weighted by molar-refractivity contribution is 5.35. The second kappa shape index (κ2) is 4.56. The summed E-state index contributed by atoms with van der Waals surface area (Å²) in [6, 6.07) is 9.02. The number of aryl methyl sites for hydroxylation is 1. The third-order valence-electron chi connectivity index (χ3n) is 3.81. The standard InChI is InChI=1S/C14H21NO/c1-11(15)14(8-9-14)13-6-4-12(5-7-13)3-2-10-16/h4-7,11,16H,2-3,8-10,15H2,1H3. The molecule has 0 aromatic heterocycles. The number of hydrogen-bond donors (Lipinski definition) is 2. The molecule has 88 valence electrons. The van der Waals surface area contributed by atoms with Crippen LogP contribution in [0.25, 0.3) is 0 Å². The number of rotatable bonds is 5. The monoisotopic (exact) mass is 219 g/mol. The summed E-state index contributed by atoms with van der Waals surface area (Å²) in [7, 11) is 0. The highest BCUT2D eigenvalue weighted by atomic mass is 16.2. The largest absolute Gasteiger partial charge is 0.396 e. The van der Waals surface area contributed by atoms with E-state index in [-0.39, 0.29) is 18.1 Å². The summed E-state index contributed by atoms with van der Waals surface area (Å²) in [4.78, 5) is 0. The lowest BCUT2D eigenvalue weighted by Crippen LogP contribution is -2.31. The highest BCUT2D eigenvalue weighted by Crippen LogP contribution is 2.50. The van der Waals surface area contributed by atoms with Crippen molar-refractivity contribution in [3.63, 3.8) is 0 Å². The minimum absolute atomic E-state index is 0.246. The first kappa shape index (κ1) is 11.6. The Balaban J connectivity index is 2.08. The quantitative estimate of drug-likeness (QED) is 0.795. The zero-order chi connectivity index (χ0) is 11.6. The van der Waals surface area contributed by atoms with Crippen molar-refractivity contribution in [3.05, 3.63) is 35.4 Å². The van der Waals surface area contributed by atoms with Crippen LogP contribution in [0.1, 0.15) is 37.3 Å². The van der Waals surface area contributed by atoms with Crippen molar-refractivity contribution in [2.75, 3.05) is 6.61 Å². The first-order chi connectivity index (χ1) is 7.69. The summed E-state index contributed by atoms with van der Waals surface area (Å²) in [5, 5.41) is 8.78. The smallest absolute Gasteiger partial charge is 0.0434 e. The summed E-state index contributed by atoms with van der Waals surface area (Å²) in [6.45, 7) is 2.37. The van der Waals surface area contributed by atoms with Crippen LogP contribution in [-0.2, 0) is 11.8 Å². The second-order valence-corrected chi connectivity index (χ2v) is 4.97. The molecule has 1 unspecified atom stereocenters. The number of aliphatic hydroxyl groups excluding tert-OH is 1. The molecule has 1 aliphatic rings. The zero-order valence-corrected chi connectivity index (χ0v) is 9.95. The van der Waals surface area contributed by atoms with Gasteiger partial charge < -0.3 is 10.8 Å². The van der Waals surface area contributed by atoms with Gasteiger partial charge in [-0.25, -0.2) is 0 Å². The fraction of sp³-hybridized carbons (Fsp3) is 0.571. The van der Waals surface area contributed by atoms with Crippen LogP contribution >= 0.6 is 0 Å². The van der Waals surface area contributed by atoms with Crippen LogP contribution in [-0.4, -0.2) is 17.8 Å². The van der Waals surface area contributed by atoms with Gasteiger partial charge >= 0.3 is 0 Å². The third kappa shape index (κ3) is 2.13. The Labute approximate surface area is 97.5 Å². The van der Waals surface area contributed by atoms with Gasteiger partial charge in [0.2, 0.25) is 0 Å². The minimum atomic E-state index is 0.246. The molecule has 0 bridgehead atoms. The number of benzene rings is 1. The van der Waals surface area contributed by atoms with Crippen LogP contribution in [0.4, 0.5) is 0 Å². The topological polar surface area (TPSA) is 46.2 Å². The maximum atomic E-state index is 8.78. The Kier molecular flexibility index (Phi) is 3.31. The molecular weight excluding hydrogens is 198 g/mol. The van der Waals surface area contributed by atoms with Gasteiger partial charge in [-0.1, -0.05) is 24.3 Å². The number of hydrogen-bond acceptors (Lipinski definition) is 2. The molecular formula is C14H21NO. The van der Waals surface area contributed by atoms with Crippen LogP contribution in [0.3, 0.4) is 0 Å². The van der Waals surface area contributed by atoms with E-state index in [1.54, 1.807) is 0 Å². The van der Waals surface area contributed by atoms with Gasteiger partial charge in [-0.3, -0.25) is 0 Å². The van der Waals surface area contributed by atoms with E-state index >= 15 is 0 Å².